The number of aliphatic imine (C=N–C) groups is 1. The number of carbonyl (C=O) groups excluding carboxylic acids is 3. The van der Waals surface area contributed by atoms with Gasteiger partial charge in [-0.3, -0.25) is 24.3 Å². The molecule has 11 nitrogen and oxygen atoms in total. The van der Waals surface area contributed by atoms with E-state index in [2.05, 4.69) is 94.8 Å². The Bertz CT molecular complexity index is 2220. The smallest absolute Gasteiger partial charge is 0.244 e. The Morgan fingerprint density at radius 3 is 2.49 bits per heavy atom. The predicted octanol–water partition coefficient (Wildman–Crippen LogP) is 5.20. The van der Waals surface area contributed by atoms with Crippen LogP contribution in [0, 0.1) is 12.8 Å². The van der Waals surface area contributed by atoms with Crippen LogP contribution in [0.5, 0.6) is 0 Å². The quantitative estimate of drug-likeness (QED) is 0.183. The number of allylic oxidation sites excluding steroid dienone is 3. The predicted molar refractivity (Wildman–Crippen MR) is 244 cm³/mol. The van der Waals surface area contributed by atoms with E-state index >= 15 is 0 Å². The molecule has 0 saturated carbocycles. The number of likely N-dealkylation sites (N-methyl/N-ethyl adjacent to an activating group) is 2. The highest BCUT2D eigenvalue weighted by Gasteiger charge is 2.43. The number of likely N-dealkylation sites (tertiary alicyclic amines) is 2. The zero-order valence-corrected chi connectivity index (χ0v) is 36.7. The number of aryl methyl sites for hydroxylation is 1. The van der Waals surface area contributed by atoms with Gasteiger partial charge in [-0.15, -0.1) is 0 Å². The summed E-state index contributed by atoms with van der Waals surface area (Å²) in [6, 6.07) is 17.2. The van der Waals surface area contributed by atoms with E-state index in [0.717, 1.165) is 89.7 Å². The van der Waals surface area contributed by atoms with Crippen molar-refractivity contribution in [2.45, 2.75) is 103 Å². The first-order chi connectivity index (χ1) is 29.7. The maximum absolute atomic E-state index is 14.3. The van der Waals surface area contributed by atoms with Crippen LogP contribution in [0.25, 0.3) is 23.4 Å². The standard InChI is InChI=1S/C50H65N7O4/c1-6-40-39(26-27-52-48(58)43-23-17-29-57(43)49(59)46(51-7-2)35-18-12-10-13-19-35)31-41(54-40)38-25-24-37(34(5)30-38)32-45-53-33-44(61-45)42-22-16-28-56(42)50(60)47(55(8-3)9-4)36-20-14-11-15-21-36/h6,10-15,18-20,24-26,30-31,36,42-44,46-47,51,54H,7-9,16-17,21-23,27-29,32-33H2,1-5H3,(H,52,58). The SMILES string of the molecule is CC=c1[nH]c(-c2ccc(CC3=NCC(C4CCCN4C(=O)C(C4C=CC=CC4)N(CC)CC)O3)c(C)c2)cc1=CCNC(=O)C1CCCN1C(=O)C(NCC)c1ccccc1. The summed E-state index contributed by atoms with van der Waals surface area (Å²) in [5, 5.41) is 8.40. The molecule has 1 aromatic heterocycles. The van der Waals surface area contributed by atoms with Crippen molar-refractivity contribution in [2.24, 2.45) is 10.9 Å². The average molecular weight is 828 g/mol. The van der Waals surface area contributed by atoms with Crippen LogP contribution < -0.4 is 21.2 Å². The van der Waals surface area contributed by atoms with Gasteiger partial charge < -0.3 is 30.2 Å². The Hall–Kier alpha value is -5.26. The summed E-state index contributed by atoms with van der Waals surface area (Å²) < 4.78 is 6.57. The van der Waals surface area contributed by atoms with Gasteiger partial charge in [0.15, 0.2) is 5.90 Å². The molecular formula is C50H65N7O4. The number of benzene rings is 2. The Morgan fingerprint density at radius 2 is 1.77 bits per heavy atom. The number of H-pyrrole nitrogens is 1. The molecule has 61 heavy (non-hydrogen) atoms. The van der Waals surface area contributed by atoms with Gasteiger partial charge in [0, 0.05) is 43.0 Å². The van der Waals surface area contributed by atoms with Gasteiger partial charge in [-0.05, 0) is 105 Å². The Balaban J connectivity index is 0.960. The highest BCUT2D eigenvalue weighted by molar-refractivity contribution is 5.91. The molecular weight excluding hydrogens is 763 g/mol. The number of hydrogen-bond acceptors (Lipinski definition) is 7. The molecule has 4 aliphatic rings. The molecule has 6 unspecified atom stereocenters. The van der Waals surface area contributed by atoms with Crippen molar-refractivity contribution in [2.75, 3.05) is 45.8 Å². The summed E-state index contributed by atoms with van der Waals surface area (Å²) in [6.07, 6.45) is 17.3. The maximum atomic E-state index is 14.3. The zero-order chi connectivity index (χ0) is 42.9. The number of nitrogens with one attached hydrogen (secondary N) is 3. The monoisotopic (exact) mass is 828 g/mol. The minimum absolute atomic E-state index is 0.0255. The van der Waals surface area contributed by atoms with E-state index in [1.54, 1.807) is 4.90 Å². The number of carbonyl (C=O) groups is 3. The lowest BCUT2D eigenvalue weighted by Crippen LogP contribution is -2.55. The number of aromatic amines is 1. The molecule has 2 aromatic carbocycles. The van der Waals surface area contributed by atoms with Gasteiger partial charge in [0.2, 0.25) is 17.7 Å². The first-order valence-corrected chi connectivity index (χ1v) is 22.6. The summed E-state index contributed by atoms with van der Waals surface area (Å²) in [6.45, 7) is 15.0. The summed E-state index contributed by atoms with van der Waals surface area (Å²) >= 11 is 0. The van der Waals surface area contributed by atoms with E-state index in [9.17, 15) is 14.4 Å². The molecule has 324 valence electrons. The lowest BCUT2D eigenvalue weighted by molar-refractivity contribution is -0.141. The minimum atomic E-state index is -0.489. The average Bonchev–Trinajstić information content (AvgIpc) is 4.13. The van der Waals surface area contributed by atoms with Crippen LogP contribution in [0.3, 0.4) is 0 Å². The van der Waals surface area contributed by atoms with E-state index in [0.29, 0.717) is 39.0 Å². The third-order valence-corrected chi connectivity index (χ3v) is 13.0. The van der Waals surface area contributed by atoms with Crippen LogP contribution in [0.4, 0.5) is 0 Å². The Labute approximate surface area is 361 Å². The number of rotatable bonds is 16. The largest absolute Gasteiger partial charge is 0.473 e. The highest BCUT2D eigenvalue weighted by Crippen LogP contribution is 2.31. The van der Waals surface area contributed by atoms with E-state index < -0.39 is 12.1 Å². The number of amides is 3. The molecule has 3 aliphatic heterocycles. The summed E-state index contributed by atoms with van der Waals surface area (Å²) in [4.78, 5) is 56.1. The second kappa shape index (κ2) is 20.5. The lowest BCUT2D eigenvalue weighted by Gasteiger charge is -2.39. The summed E-state index contributed by atoms with van der Waals surface area (Å²) in [5.74, 6) is 0.947. The van der Waals surface area contributed by atoms with Crippen LogP contribution in [-0.4, -0.2) is 113 Å². The fourth-order valence-electron chi connectivity index (χ4n) is 9.74. The highest BCUT2D eigenvalue weighted by atomic mass is 16.5. The van der Waals surface area contributed by atoms with Crippen molar-refractivity contribution in [3.63, 3.8) is 0 Å². The van der Waals surface area contributed by atoms with Crippen LogP contribution in [0.2, 0.25) is 0 Å². The van der Waals surface area contributed by atoms with Crippen LogP contribution >= 0.6 is 0 Å². The van der Waals surface area contributed by atoms with Gasteiger partial charge in [-0.1, -0.05) is 99.7 Å². The van der Waals surface area contributed by atoms with Crippen LogP contribution in [-0.2, 0) is 25.5 Å². The molecule has 6 atom stereocenters. The third kappa shape index (κ3) is 9.94. The van der Waals surface area contributed by atoms with Crippen molar-refractivity contribution < 1.29 is 19.1 Å². The Kier molecular flexibility index (Phi) is 14.8. The Morgan fingerprint density at radius 1 is 0.984 bits per heavy atom. The van der Waals surface area contributed by atoms with Crippen LogP contribution in [0.1, 0.15) is 82.5 Å². The summed E-state index contributed by atoms with van der Waals surface area (Å²) in [5.41, 5.74) is 5.27. The van der Waals surface area contributed by atoms with Gasteiger partial charge in [0.25, 0.3) is 0 Å². The number of aromatic nitrogens is 1. The van der Waals surface area contributed by atoms with Gasteiger partial charge in [-0.25, -0.2) is 0 Å². The minimum Gasteiger partial charge on any atom is -0.473 e. The van der Waals surface area contributed by atoms with E-state index in [1.165, 1.54) is 0 Å². The molecule has 0 bridgehead atoms. The van der Waals surface area contributed by atoms with Crippen molar-refractivity contribution in [3.05, 3.63) is 106 Å². The van der Waals surface area contributed by atoms with Crippen LogP contribution in [0.15, 0.2) is 83.9 Å². The fourth-order valence-corrected chi connectivity index (χ4v) is 9.74. The molecule has 4 heterocycles. The molecule has 0 spiro atoms. The zero-order valence-electron chi connectivity index (χ0n) is 36.7. The normalized spacial score (nSPS) is 22.8. The van der Waals surface area contributed by atoms with Crippen molar-refractivity contribution >= 4 is 35.8 Å². The summed E-state index contributed by atoms with van der Waals surface area (Å²) in [7, 11) is 0. The molecule has 3 amide bonds. The molecule has 7 rings (SSSR count). The van der Waals surface area contributed by atoms with Gasteiger partial charge in [0.05, 0.1) is 18.6 Å². The second-order valence-electron chi connectivity index (χ2n) is 16.7. The van der Waals surface area contributed by atoms with Crippen molar-refractivity contribution in [3.8, 4) is 11.3 Å². The van der Waals surface area contributed by atoms with Crippen molar-refractivity contribution in [1.29, 1.82) is 0 Å². The second-order valence-corrected chi connectivity index (χ2v) is 16.7. The molecule has 2 saturated heterocycles. The van der Waals surface area contributed by atoms with E-state index in [-0.39, 0.29) is 41.8 Å². The molecule has 3 N–H and O–H groups in total. The van der Waals surface area contributed by atoms with Gasteiger partial charge in [-0.2, -0.15) is 0 Å². The number of nitrogens with zero attached hydrogens (tertiary/aromatic N) is 4. The maximum Gasteiger partial charge on any atom is 0.244 e. The van der Waals surface area contributed by atoms with E-state index in [1.807, 2.05) is 56.3 Å². The van der Waals surface area contributed by atoms with E-state index in [4.69, 9.17) is 9.73 Å². The third-order valence-electron chi connectivity index (χ3n) is 13.0. The molecule has 11 heteroatoms. The van der Waals surface area contributed by atoms with Crippen molar-refractivity contribution in [1.82, 2.24) is 30.3 Å². The number of hydrogen-bond donors (Lipinski definition) is 3. The number of ether oxygens (including phenoxy) is 1. The first kappa shape index (κ1) is 43.8. The van der Waals surface area contributed by atoms with Gasteiger partial charge in [0.1, 0.15) is 18.2 Å². The molecule has 1 aliphatic carbocycles. The first-order valence-electron chi connectivity index (χ1n) is 22.6. The molecule has 3 aromatic rings. The topological polar surface area (TPSA) is 122 Å². The fraction of sp³-hybridized carbons (Fsp3) is 0.480. The van der Waals surface area contributed by atoms with Gasteiger partial charge >= 0.3 is 0 Å². The molecule has 0 radical (unpaired) electrons. The molecule has 2 fully saturated rings. The lowest BCUT2D eigenvalue weighted by atomic mass is 9.90.